The predicted octanol–water partition coefficient (Wildman–Crippen LogP) is 2.26. The molecular weight excluding hydrogens is 365 g/mol. The zero-order valence-corrected chi connectivity index (χ0v) is 15.8. The van der Waals surface area contributed by atoms with Crippen molar-refractivity contribution in [2.45, 2.75) is 26.4 Å². The van der Waals surface area contributed by atoms with Gasteiger partial charge in [0.1, 0.15) is 12.4 Å². The van der Waals surface area contributed by atoms with Gasteiger partial charge >= 0.3 is 4.87 Å². The van der Waals surface area contributed by atoms with Crippen LogP contribution >= 0.6 is 23.7 Å². The third-order valence-corrected chi connectivity index (χ3v) is 5.46. The Kier molecular flexibility index (Phi) is 6.37. The van der Waals surface area contributed by atoms with E-state index in [1.807, 2.05) is 19.9 Å². The van der Waals surface area contributed by atoms with E-state index < -0.39 is 0 Å². The van der Waals surface area contributed by atoms with Crippen molar-refractivity contribution in [1.29, 1.82) is 0 Å². The van der Waals surface area contributed by atoms with E-state index in [0.717, 1.165) is 27.5 Å². The zero-order valence-electron chi connectivity index (χ0n) is 14.1. The minimum atomic E-state index is -0.314. The first-order valence-corrected chi connectivity index (χ1v) is 8.71. The second kappa shape index (κ2) is 8.12. The fourth-order valence-electron chi connectivity index (χ4n) is 3.01. The summed E-state index contributed by atoms with van der Waals surface area (Å²) in [5.41, 5.74) is 1.59. The summed E-state index contributed by atoms with van der Waals surface area (Å²) in [7, 11) is 0. The lowest BCUT2D eigenvalue weighted by atomic mass is 10.0. The number of benzene rings is 1. The molecule has 0 saturated carbocycles. The Bertz CT molecular complexity index is 820. The molecule has 5 nitrogen and oxygen atoms in total. The number of thiazole rings is 1. The van der Waals surface area contributed by atoms with Gasteiger partial charge < -0.3 is 10.2 Å². The number of nitrogens with zero attached hydrogens (tertiary/aromatic N) is 2. The van der Waals surface area contributed by atoms with Gasteiger partial charge in [-0.3, -0.25) is 14.2 Å². The van der Waals surface area contributed by atoms with Gasteiger partial charge in [0, 0.05) is 30.2 Å². The fraction of sp³-hybridized carbons (Fsp3) is 0.412. The van der Waals surface area contributed by atoms with Crippen molar-refractivity contribution < 1.29 is 9.18 Å². The van der Waals surface area contributed by atoms with E-state index in [1.165, 1.54) is 16.7 Å². The SMILES string of the molecule is Cc1sc(=O)n(CC(=O)N2CCNCC2c2cccc(F)c2)c1C.Cl. The minimum Gasteiger partial charge on any atom is -0.332 e. The minimum absolute atomic E-state index is 0. The Hall–Kier alpha value is -1.70. The van der Waals surface area contributed by atoms with Crippen LogP contribution in [0.3, 0.4) is 0 Å². The zero-order chi connectivity index (χ0) is 17.3. The number of hydrogen-bond acceptors (Lipinski definition) is 4. The number of carbonyl (C=O) groups is 1. The molecule has 25 heavy (non-hydrogen) atoms. The number of hydrogen-bond donors (Lipinski definition) is 1. The first-order chi connectivity index (χ1) is 11.5. The first-order valence-electron chi connectivity index (χ1n) is 7.90. The van der Waals surface area contributed by atoms with Gasteiger partial charge in [-0.25, -0.2) is 4.39 Å². The summed E-state index contributed by atoms with van der Waals surface area (Å²) in [5.74, 6) is -0.431. The van der Waals surface area contributed by atoms with Crippen molar-refractivity contribution >= 4 is 29.7 Å². The molecule has 1 saturated heterocycles. The molecule has 1 N–H and O–H groups in total. The fourth-order valence-corrected chi connectivity index (χ4v) is 3.84. The predicted molar refractivity (Wildman–Crippen MR) is 99.0 cm³/mol. The van der Waals surface area contributed by atoms with Crippen LogP contribution < -0.4 is 10.2 Å². The maximum absolute atomic E-state index is 13.5. The van der Waals surface area contributed by atoms with Crippen LogP contribution in [0.25, 0.3) is 0 Å². The standard InChI is InChI=1S/C17H20FN3O2S.ClH/c1-11-12(2)24-17(23)21(11)10-16(22)20-7-6-19-9-15(20)13-4-3-5-14(18)8-13;/h3-5,8,15,19H,6-7,9-10H2,1-2H3;1H. The number of halogens is 2. The smallest absolute Gasteiger partial charge is 0.308 e. The van der Waals surface area contributed by atoms with Gasteiger partial charge in [-0.15, -0.1) is 12.4 Å². The molecular formula is C17H21ClFN3O2S. The average molecular weight is 386 g/mol. The summed E-state index contributed by atoms with van der Waals surface area (Å²) in [5, 5.41) is 3.25. The molecule has 1 aliphatic heterocycles. The largest absolute Gasteiger partial charge is 0.332 e. The highest BCUT2D eigenvalue weighted by Gasteiger charge is 2.28. The summed E-state index contributed by atoms with van der Waals surface area (Å²) >= 11 is 1.16. The van der Waals surface area contributed by atoms with E-state index >= 15 is 0 Å². The van der Waals surface area contributed by atoms with Crippen LogP contribution in [0.15, 0.2) is 29.1 Å². The number of aromatic nitrogens is 1. The highest BCUT2D eigenvalue weighted by atomic mass is 35.5. The van der Waals surface area contributed by atoms with Crippen LogP contribution in [-0.4, -0.2) is 35.0 Å². The molecule has 0 aliphatic carbocycles. The number of aryl methyl sites for hydroxylation is 1. The molecule has 1 aromatic carbocycles. The van der Waals surface area contributed by atoms with E-state index in [4.69, 9.17) is 0 Å². The molecule has 1 amide bonds. The van der Waals surface area contributed by atoms with Crippen LogP contribution in [0.2, 0.25) is 0 Å². The van der Waals surface area contributed by atoms with E-state index in [-0.39, 0.29) is 41.6 Å². The monoisotopic (exact) mass is 385 g/mol. The third-order valence-electron chi connectivity index (χ3n) is 4.47. The lowest BCUT2D eigenvalue weighted by Gasteiger charge is -2.36. The second-order valence-corrected chi connectivity index (χ2v) is 7.12. The Morgan fingerprint density at radius 3 is 2.80 bits per heavy atom. The molecule has 1 aromatic heterocycles. The van der Waals surface area contributed by atoms with Crippen molar-refractivity contribution in [2.75, 3.05) is 19.6 Å². The second-order valence-electron chi connectivity index (χ2n) is 5.96. The van der Waals surface area contributed by atoms with E-state index in [1.54, 1.807) is 11.0 Å². The molecule has 136 valence electrons. The Morgan fingerprint density at radius 2 is 2.16 bits per heavy atom. The summed E-state index contributed by atoms with van der Waals surface area (Å²) in [6.45, 7) is 5.56. The van der Waals surface area contributed by atoms with Gasteiger partial charge in [-0.05, 0) is 31.5 Å². The van der Waals surface area contributed by atoms with Gasteiger partial charge in [-0.1, -0.05) is 23.5 Å². The molecule has 1 aliphatic rings. The van der Waals surface area contributed by atoms with Crippen molar-refractivity contribution in [1.82, 2.24) is 14.8 Å². The molecule has 1 unspecified atom stereocenters. The molecule has 0 radical (unpaired) electrons. The average Bonchev–Trinajstić information content (AvgIpc) is 2.81. The quantitative estimate of drug-likeness (QED) is 0.881. The Labute approximate surface area is 155 Å². The molecule has 0 bridgehead atoms. The van der Waals surface area contributed by atoms with E-state index in [9.17, 15) is 14.0 Å². The molecule has 1 fully saturated rings. The summed E-state index contributed by atoms with van der Waals surface area (Å²) < 4.78 is 15.1. The molecule has 0 spiro atoms. The van der Waals surface area contributed by atoms with Crippen molar-refractivity contribution in [2.24, 2.45) is 0 Å². The number of carbonyl (C=O) groups excluding carboxylic acids is 1. The van der Waals surface area contributed by atoms with Gasteiger partial charge in [-0.2, -0.15) is 0 Å². The number of nitrogens with one attached hydrogen (secondary N) is 1. The molecule has 2 heterocycles. The Balaban J connectivity index is 0.00000225. The number of piperazine rings is 1. The lowest BCUT2D eigenvalue weighted by Crippen LogP contribution is -2.50. The normalized spacial score (nSPS) is 17.2. The van der Waals surface area contributed by atoms with Gasteiger partial charge in [0.05, 0.1) is 6.04 Å². The number of rotatable bonds is 3. The van der Waals surface area contributed by atoms with Crippen LogP contribution in [0.5, 0.6) is 0 Å². The van der Waals surface area contributed by atoms with Crippen LogP contribution in [0.4, 0.5) is 4.39 Å². The van der Waals surface area contributed by atoms with Crippen molar-refractivity contribution in [3.63, 3.8) is 0 Å². The maximum atomic E-state index is 13.5. The summed E-state index contributed by atoms with van der Waals surface area (Å²) in [6, 6.07) is 6.11. The molecule has 3 rings (SSSR count). The van der Waals surface area contributed by atoms with Crippen LogP contribution in [0, 0.1) is 19.7 Å². The summed E-state index contributed by atoms with van der Waals surface area (Å²) in [6.07, 6.45) is 0. The molecule has 8 heteroatoms. The maximum Gasteiger partial charge on any atom is 0.308 e. The topological polar surface area (TPSA) is 54.3 Å². The summed E-state index contributed by atoms with van der Waals surface area (Å²) in [4.78, 5) is 27.4. The van der Waals surface area contributed by atoms with Crippen molar-refractivity contribution in [3.8, 4) is 0 Å². The van der Waals surface area contributed by atoms with Gasteiger partial charge in [0.25, 0.3) is 0 Å². The van der Waals surface area contributed by atoms with E-state index in [2.05, 4.69) is 5.32 Å². The molecule has 2 aromatic rings. The first kappa shape index (κ1) is 19.6. The third kappa shape index (κ3) is 4.11. The van der Waals surface area contributed by atoms with Gasteiger partial charge in [0.2, 0.25) is 5.91 Å². The van der Waals surface area contributed by atoms with E-state index in [0.29, 0.717) is 19.6 Å². The van der Waals surface area contributed by atoms with Crippen LogP contribution in [-0.2, 0) is 11.3 Å². The van der Waals surface area contributed by atoms with Crippen molar-refractivity contribution in [3.05, 3.63) is 55.9 Å². The highest BCUT2D eigenvalue weighted by Crippen LogP contribution is 2.23. The number of amides is 1. The van der Waals surface area contributed by atoms with Gasteiger partial charge in [0.15, 0.2) is 0 Å². The van der Waals surface area contributed by atoms with Crippen LogP contribution in [0.1, 0.15) is 22.2 Å². The lowest BCUT2D eigenvalue weighted by molar-refractivity contribution is -0.135. The highest BCUT2D eigenvalue weighted by molar-refractivity contribution is 7.09. The Morgan fingerprint density at radius 1 is 1.40 bits per heavy atom. The molecule has 1 atom stereocenters.